The number of benzene rings is 2. The Bertz CT molecular complexity index is 626. The van der Waals surface area contributed by atoms with Crippen LogP contribution in [0.25, 0.3) is 16.8 Å². The lowest BCUT2D eigenvalue weighted by Gasteiger charge is -2.29. The maximum Gasteiger partial charge on any atom is 0.137 e. The molecule has 1 unspecified atom stereocenters. The van der Waals surface area contributed by atoms with E-state index in [1.807, 2.05) is 32.9 Å². The number of fused-ring (bicyclic) bond motifs is 3. The monoisotopic (exact) mass is 250 g/mol. The summed E-state index contributed by atoms with van der Waals surface area (Å²) in [6.07, 6.45) is 3.91. The van der Waals surface area contributed by atoms with Crippen LogP contribution in [0.15, 0.2) is 36.4 Å². The predicted octanol–water partition coefficient (Wildman–Crippen LogP) is 4.46. The number of hydrogen-bond acceptors (Lipinski definition) is 1. The van der Waals surface area contributed by atoms with Crippen molar-refractivity contribution in [3.63, 3.8) is 0 Å². The molecule has 2 heteroatoms. The van der Waals surface area contributed by atoms with Crippen molar-refractivity contribution in [3.05, 3.63) is 47.5 Å². The first-order chi connectivity index (χ1) is 9.05. The van der Waals surface area contributed by atoms with E-state index in [0.717, 1.165) is 16.7 Å². The van der Waals surface area contributed by atoms with Gasteiger partial charge in [0.2, 0.25) is 0 Å². The lowest BCUT2D eigenvalue weighted by atomic mass is 9.81. The minimum Gasteiger partial charge on any atom is -0.492 e. The molecule has 2 aromatic carbocycles. The van der Waals surface area contributed by atoms with Crippen LogP contribution in [0.1, 0.15) is 31.9 Å². The van der Waals surface area contributed by atoms with Gasteiger partial charge in [0.05, 0.1) is 5.50 Å². The minimum absolute atomic E-state index is 0.716. The van der Waals surface area contributed by atoms with Gasteiger partial charge < -0.3 is 4.74 Å². The molecular weight excluding hydrogens is 231 g/mol. The quantitative estimate of drug-likeness (QED) is 0.627. The first-order valence-electron chi connectivity index (χ1n) is 6.76. The van der Waals surface area contributed by atoms with Crippen LogP contribution in [0.4, 0.5) is 0 Å². The van der Waals surface area contributed by atoms with E-state index in [9.17, 15) is 0 Å². The molecule has 19 heavy (non-hydrogen) atoms. The lowest BCUT2D eigenvalue weighted by molar-refractivity contribution is 0.227. The Balaban J connectivity index is 0.000000637. The summed E-state index contributed by atoms with van der Waals surface area (Å²) in [5.41, 5.74) is 1.62. The largest absolute Gasteiger partial charge is 0.492 e. The van der Waals surface area contributed by atoms with E-state index in [-0.39, 0.29) is 0 Å². The van der Waals surface area contributed by atoms with E-state index in [2.05, 4.69) is 37.3 Å². The van der Waals surface area contributed by atoms with Crippen molar-refractivity contribution >= 4 is 24.7 Å². The van der Waals surface area contributed by atoms with Crippen LogP contribution in [0.3, 0.4) is 0 Å². The molecule has 1 aliphatic rings. The molecule has 2 aromatic rings. The van der Waals surface area contributed by atoms with Gasteiger partial charge in [0, 0.05) is 10.9 Å². The van der Waals surface area contributed by atoms with Crippen LogP contribution >= 0.6 is 0 Å². The molecule has 0 N–H and O–H groups in total. The summed E-state index contributed by atoms with van der Waals surface area (Å²) >= 11 is 0. The highest BCUT2D eigenvalue weighted by Crippen LogP contribution is 2.36. The maximum atomic E-state index is 6.00. The average Bonchev–Trinajstić information content (AvgIpc) is 2.39. The Morgan fingerprint density at radius 3 is 2.58 bits per heavy atom. The molecule has 96 valence electrons. The molecule has 0 aromatic heterocycles. The molecule has 1 aliphatic heterocycles. The summed E-state index contributed by atoms with van der Waals surface area (Å²) < 4.78 is 5.86. The average molecular weight is 250 g/mol. The number of rotatable bonds is 0. The molecule has 0 bridgehead atoms. The molecule has 0 saturated heterocycles. The zero-order valence-corrected chi connectivity index (χ0v) is 12.0. The zero-order valence-electron chi connectivity index (χ0n) is 12.0. The van der Waals surface area contributed by atoms with E-state index in [1.54, 1.807) is 0 Å². The maximum absolute atomic E-state index is 6.00. The van der Waals surface area contributed by atoms with Gasteiger partial charge in [0.15, 0.2) is 0 Å². The molecule has 2 radical (unpaired) electrons. The first-order valence-corrected chi connectivity index (χ1v) is 6.76. The molecule has 0 amide bonds. The van der Waals surface area contributed by atoms with Gasteiger partial charge in [-0.3, -0.25) is 0 Å². The van der Waals surface area contributed by atoms with Crippen molar-refractivity contribution in [3.8, 4) is 5.75 Å². The van der Waals surface area contributed by atoms with E-state index >= 15 is 0 Å². The van der Waals surface area contributed by atoms with Crippen molar-refractivity contribution in [2.75, 3.05) is 0 Å². The van der Waals surface area contributed by atoms with Crippen LogP contribution in [0, 0.1) is 6.92 Å². The molecule has 0 fully saturated rings. The summed E-state index contributed by atoms with van der Waals surface area (Å²) in [5, 5.41) is 2.31. The Kier molecular flexibility index (Phi) is 3.70. The van der Waals surface area contributed by atoms with Gasteiger partial charge in [-0.1, -0.05) is 61.9 Å². The highest BCUT2D eigenvalue weighted by Gasteiger charge is 2.22. The third kappa shape index (κ3) is 2.68. The third-order valence-corrected chi connectivity index (χ3v) is 3.07. The second-order valence-corrected chi connectivity index (χ2v) is 4.83. The minimum atomic E-state index is -0.716. The van der Waals surface area contributed by atoms with Gasteiger partial charge >= 0.3 is 0 Å². The van der Waals surface area contributed by atoms with Crippen LogP contribution in [-0.2, 0) is 0 Å². The SMILES string of the molecule is CC.[B]C1(C)C=Cc2ccc3cc(C)ccc3c2O1. The molecule has 0 aliphatic carbocycles. The van der Waals surface area contributed by atoms with Crippen LogP contribution in [0.5, 0.6) is 5.75 Å². The van der Waals surface area contributed by atoms with Crippen molar-refractivity contribution in [1.29, 1.82) is 0 Å². The van der Waals surface area contributed by atoms with E-state index in [4.69, 9.17) is 12.6 Å². The molecule has 0 spiro atoms. The zero-order chi connectivity index (χ0) is 14.0. The molecule has 1 atom stereocenters. The van der Waals surface area contributed by atoms with Crippen LogP contribution in [0.2, 0.25) is 0 Å². The van der Waals surface area contributed by atoms with E-state index in [0.29, 0.717) is 0 Å². The highest BCUT2D eigenvalue weighted by atomic mass is 16.5. The number of hydrogen-bond donors (Lipinski definition) is 0. The standard InChI is InChI=1S/C15H13BO.C2H6/c1-10-3-6-13-12(9-10)5-4-11-7-8-15(2,16)17-14(11)13;1-2/h3-9H,1-2H3;1-2H3. The second-order valence-electron chi connectivity index (χ2n) is 4.83. The summed E-state index contributed by atoms with van der Waals surface area (Å²) in [5.74, 6) is 0.884. The van der Waals surface area contributed by atoms with Gasteiger partial charge in [-0.15, -0.1) is 0 Å². The molecule has 0 saturated carbocycles. The fourth-order valence-electron chi connectivity index (χ4n) is 2.19. The molecular formula is C17H19BO. The van der Waals surface area contributed by atoms with Gasteiger partial charge in [-0.2, -0.15) is 0 Å². The highest BCUT2D eigenvalue weighted by molar-refractivity contribution is 6.16. The predicted molar refractivity (Wildman–Crippen MR) is 83.9 cm³/mol. The van der Waals surface area contributed by atoms with Gasteiger partial charge in [-0.05, 0) is 19.2 Å². The van der Waals surface area contributed by atoms with Crippen LogP contribution < -0.4 is 4.74 Å². The smallest absolute Gasteiger partial charge is 0.137 e. The number of ether oxygens (including phenoxy) is 1. The lowest BCUT2D eigenvalue weighted by Crippen LogP contribution is -2.32. The van der Waals surface area contributed by atoms with Gasteiger partial charge in [0.1, 0.15) is 13.6 Å². The fourth-order valence-corrected chi connectivity index (χ4v) is 2.19. The first kappa shape index (κ1) is 13.7. The summed E-state index contributed by atoms with van der Waals surface area (Å²) in [4.78, 5) is 0. The topological polar surface area (TPSA) is 9.23 Å². The molecule has 1 heterocycles. The number of aryl methyl sites for hydroxylation is 1. The Morgan fingerprint density at radius 1 is 1.11 bits per heavy atom. The fraction of sp³-hybridized carbons (Fsp3) is 0.294. The van der Waals surface area contributed by atoms with Crippen molar-refractivity contribution < 1.29 is 4.74 Å². The van der Waals surface area contributed by atoms with Crippen molar-refractivity contribution in [2.45, 2.75) is 33.2 Å². The van der Waals surface area contributed by atoms with Crippen molar-refractivity contribution in [1.82, 2.24) is 0 Å². The molecule has 1 nitrogen and oxygen atoms in total. The summed E-state index contributed by atoms with van der Waals surface area (Å²) in [7, 11) is 6.00. The normalized spacial score (nSPS) is 20.2. The summed E-state index contributed by atoms with van der Waals surface area (Å²) in [6, 6.07) is 10.5. The van der Waals surface area contributed by atoms with E-state index < -0.39 is 5.50 Å². The molecule has 3 rings (SSSR count). The Morgan fingerprint density at radius 2 is 1.84 bits per heavy atom. The Hall–Kier alpha value is -1.70. The second kappa shape index (κ2) is 5.12. The van der Waals surface area contributed by atoms with Gasteiger partial charge in [-0.25, -0.2) is 0 Å². The van der Waals surface area contributed by atoms with E-state index in [1.165, 1.54) is 10.9 Å². The third-order valence-electron chi connectivity index (χ3n) is 3.07. The van der Waals surface area contributed by atoms with Crippen molar-refractivity contribution in [2.24, 2.45) is 0 Å². The van der Waals surface area contributed by atoms with Crippen LogP contribution in [-0.4, -0.2) is 13.3 Å². The Labute approximate surface area is 116 Å². The summed E-state index contributed by atoms with van der Waals surface area (Å²) in [6.45, 7) is 7.95. The van der Waals surface area contributed by atoms with Gasteiger partial charge in [0.25, 0.3) is 0 Å².